The monoisotopic (exact) mass is 795 g/mol. The van der Waals surface area contributed by atoms with E-state index in [1.807, 2.05) is 0 Å². The number of benzene rings is 2. The standard InChI is InChI=1S/C35H27F6N11O5/c1-3-43-31(54)18-8-26(29-14-51(49-47-29)20-4-6-22(17(2)53)24(11-20)34(36,37)38)45-27(9-18)30-15-52(50-48-30)21-5-7-23(25(12-21)35(39,40)41)32(55)46-28(33(56)57)10-19-13-42-16-44-19/h4-9,11-16,28H,3,10H2,1-2H3,(H,42,44)(H,43,54)(H,46,55)(H,56,57)/t28-/m0/s1. The largest absolute Gasteiger partial charge is 0.480 e. The van der Waals surface area contributed by atoms with Crippen molar-refractivity contribution in [2.75, 3.05) is 6.54 Å². The maximum Gasteiger partial charge on any atom is 0.417 e. The second-order valence-electron chi connectivity index (χ2n) is 12.2. The van der Waals surface area contributed by atoms with Gasteiger partial charge in [0.25, 0.3) is 11.8 Å². The summed E-state index contributed by atoms with van der Waals surface area (Å²) >= 11 is 0. The number of carboxylic acids is 1. The van der Waals surface area contributed by atoms with Crippen LogP contribution in [-0.2, 0) is 23.6 Å². The summed E-state index contributed by atoms with van der Waals surface area (Å²) in [6, 6.07) is 6.64. The molecule has 0 fully saturated rings. The molecule has 2 aromatic carbocycles. The number of Topliss-reactive ketones (excluding diaryl/α,β-unsaturated/α-hetero) is 1. The zero-order valence-electron chi connectivity index (χ0n) is 29.3. The van der Waals surface area contributed by atoms with E-state index in [-0.39, 0.29) is 52.7 Å². The zero-order chi connectivity index (χ0) is 41.2. The van der Waals surface area contributed by atoms with Crippen molar-refractivity contribution in [3.05, 3.63) is 107 Å². The van der Waals surface area contributed by atoms with Gasteiger partial charge in [0.05, 0.1) is 58.2 Å². The summed E-state index contributed by atoms with van der Waals surface area (Å²) < 4.78 is 86.2. The molecule has 1 atom stereocenters. The summed E-state index contributed by atoms with van der Waals surface area (Å²) in [5.74, 6) is -4.14. The highest BCUT2D eigenvalue weighted by Crippen LogP contribution is 2.35. The summed E-state index contributed by atoms with van der Waals surface area (Å²) in [6.07, 6.45) is -5.20. The number of carbonyl (C=O) groups excluding carboxylic acids is 3. The number of alkyl halides is 6. The van der Waals surface area contributed by atoms with Crippen LogP contribution < -0.4 is 10.6 Å². The van der Waals surface area contributed by atoms with Gasteiger partial charge in [-0.25, -0.2) is 24.1 Å². The van der Waals surface area contributed by atoms with E-state index in [1.54, 1.807) is 6.92 Å². The van der Waals surface area contributed by atoms with E-state index < -0.39 is 64.2 Å². The van der Waals surface area contributed by atoms with Crippen LogP contribution in [0.15, 0.2) is 73.4 Å². The number of rotatable bonds is 12. The maximum absolute atomic E-state index is 14.3. The average Bonchev–Trinajstić information content (AvgIpc) is 3.97. The SMILES string of the molecule is CCNC(=O)c1cc(-c2cn(-c3ccc(C(C)=O)c(C(F)(F)F)c3)nn2)nc(-c2cn(-c3ccc(C(=O)N[C@@H](Cc4cnc[nH]4)C(=O)O)c(C(F)(F)F)c3)nn2)c1. The summed E-state index contributed by atoms with van der Waals surface area (Å²) in [6.45, 7) is 2.90. The highest BCUT2D eigenvalue weighted by molar-refractivity contribution is 5.99. The first kappa shape index (κ1) is 39.4. The van der Waals surface area contributed by atoms with Crippen LogP contribution >= 0.6 is 0 Å². The fourth-order valence-electron chi connectivity index (χ4n) is 5.58. The predicted molar refractivity (Wildman–Crippen MR) is 184 cm³/mol. The number of pyridine rings is 1. The molecule has 16 nitrogen and oxygen atoms in total. The van der Waals surface area contributed by atoms with E-state index in [2.05, 4.69) is 46.2 Å². The van der Waals surface area contributed by atoms with Crippen molar-refractivity contribution < 1.29 is 50.6 Å². The van der Waals surface area contributed by atoms with E-state index in [4.69, 9.17) is 0 Å². The lowest BCUT2D eigenvalue weighted by Gasteiger charge is -2.17. The number of aromatic amines is 1. The molecule has 6 rings (SSSR count). The summed E-state index contributed by atoms with van der Waals surface area (Å²) in [5.41, 5.74) is -3.97. The van der Waals surface area contributed by atoms with Crippen molar-refractivity contribution in [1.29, 1.82) is 0 Å². The molecule has 6 aromatic rings. The first-order valence-corrected chi connectivity index (χ1v) is 16.5. The number of halogens is 6. The number of ketones is 1. The molecule has 0 saturated carbocycles. The van der Waals surface area contributed by atoms with Gasteiger partial charge in [-0.3, -0.25) is 14.4 Å². The Bertz CT molecular complexity index is 2490. The Morgan fingerprint density at radius 1 is 0.789 bits per heavy atom. The fraction of sp³-hybridized carbons (Fsp3) is 0.200. The molecule has 0 unspecified atom stereocenters. The number of aliphatic carboxylic acids is 1. The Morgan fingerprint density at radius 2 is 1.33 bits per heavy atom. The molecule has 2 amide bonds. The molecule has 4 aromatic heterocycles. The van der Waals surface area contributed by atoms with Crippen molar-refractivity contribution in [3.8, 4) is 34.2 Å². The second-order valence-corrected chi connectivity index (χ2v) is 12.2. The van der Waals surface area contributed by atoms with Crippen molar-refractivity contribution in [1.82, 2.24) is 55.6 Å². The number of hydrogen-bond acceptors (Lipinski definition) is 10. The van der Waals surface area contributed by atoms with Crippen LogP contribution in [-0.4, -0.2) is 86.2 Å². The van der Waals surface area contributed by atoms with E-state index in [0.717, 1.165) is 40.6 Å². The van der Waals surface area contributed by atoms with E-state index in [1.165, 1.54) is 43.1 Å². The minimum absolute atomic E-state index is 0.00243. The third kappa shape index (κ3) is 8.68. The number of imidazole rings is 1. The van der Waals surface area contributed by atoms with Gasteiger partial charge in [0, 0.05) is 36.0 Å². The molecular weight excluding hydrogens is 768 g/mol. The quantitative estimate of drug-likeness (QED) is 0.0983. The van der Waals surface area contributed by atoms with E-state index in [0.29, 0.717) is 11.8 Å². The fourth-order valence-corrected chi connectivity index (χ4v) is 5.58. The molecule has 4 heterocycles. The molecule has 0 spiro atoms. The maximum atomic E-state index is 14.3. The van der Waals surface area contributed by atoms with Gasteiger partial charge in [-0.05, 0) is 62.4 Å². The van der Waals surface area contributed by atoms with Gasteiger partial charge >= 0.3 is 18.3 Å². The van der Waals surface area contributed by atoms with Gasteiger partial charge in [-0.15, -0.1) is 10.2 Å². The Hall–Kier alpha value is -7.26. The number of hydrogen-bond donors (Lipinski definition) is 4. The molecule has 0 bridgehead atoms. The molecule has 22 heteroatoms. The highest BCUT2D eigenvalue weighted by atomic mass is 19.4. The normalized spacial score (nSPS) is 12.3. The molecule has 0 aliphatic carbocycles. The number of nitrogens with zero attached hydrogens (tertiary/aromatic N) is 8. The number of carbonyl (C=O) groups is 4. The van der Waals surface area contributed by atoms with E-state index >= 15 is 0 Å². The summed E-state index contributed by atoms with van der Waals surface area (Å²) in [7, 11) is 0. The van der Waals surface area contributed by atoms with Gasteiger partial charge in [-0.2, -0.15) is 26.3 Å². The molecule has 4 N–H and O–H groups in total. The first-order chi connectivity index (χ1) is 26.9. The minimum atomic E-state index is -5.08. The van der Waals surface area contributed by atoms with Gasteiger partial charge in [-0.1, -0.05) is 10.4 Å². The molecular formula is C35H27F6N11O5. The Morgan fingerprint density at radius 3 is 1.81 bits per heavy atom. The number of aromatic nitrogens is 9. The lowest BCUT2D eigenvalue weighted by molar-refractivity contribution is -0.139. The molecule has 0 radical (unpaired) electrons. The Kier molecular flexibility index (Phi) is 10.7. The summed E-state index contributed by atoms with van der Waals surface area (Å²) in [4.78, 5) is 60.5. The van der Waals surface area contributed by atoms with Crippen LogP contribution in [0.25, 0.3) is 34.2 Å². The van der Waals surface area contributed by atoms with Gasteiger partial charge < -0.3 is 20.7 Å². The van der Waals surface area contributed by atoms with Crippen LogP contribution in [0.4, 0.5) is 26.3 Å². The molecule has 57 heavy (non-hydrogen) atoms. The van der Waals surface area contributed by atoms with Crippen LogP contribution in [0.5, 0.6) is 0 Å². The van der Waals surface area contributed by atoms with Gasteiger partial charge in [0.15, 0.2) is 5.78 Å². The lowest BCUT2D eigenvalue weighted by atomic mass is 10.0. The predicted octanol–water partition coefficient (Wildman–Crippen LogP) is 4.72. The number of nitrogens with one attached hydrogen (secondary N) is 3. The number of amides is 2. The molecule has 294 valence electrons. The third-order valence-corrected chi connectivity index (χ3v) is 8.29. The number of carboxylic acid groups (broad SMARTS) is 1. The molecule has 0 saturated heterocycles. The second kappa shape index (κ2) is 15.5. The van der Waals surface area contributed by atoms with Crippen molar-refractivity contribution in [3.63, 3.8) is 0 Å². The molecule has 0 aliphatic heterocycles. The van der Waals surface area contributed by atoms with Crippen LogP contribution in [0.1, 0.15) is 61.7 Å². The molecule has 0 aliphatic rings. The lowest BCUT2D eigenvalue weighted by Crippen LogP contribution is -2.43. The summed E-state index contributed by atoms with van der Waals surface area (Å²) in [5, 5.41) is 30.1. The third-order valence-electron chi connectivity index (χ3n) is 8.29. The van der Waals surface area contributed by atoms with Crippen LogP contribution in [0.3, 0.4) is 0 Å². The minimum Gasteiger partial charge on any atom is -0.480 e. The number of H-pyrrole nitrogens is 1. The van der Waals surface area contributed by atoms with Gasteiger partial charge in [0.1, 0.15) is 17.4 Å². The Balaban J connectivity index is 1.33. The van der Waals surface area contributed by atoms with Gasteiger partial charge in [0.2, 0.25) is 0 Å². The van der Waals surface area contributed by atoms with Crippen LogP contribution in [0, 0.1) is 0 Å². The highest BCUT2D eigenvalue weighted by Gasteiger charge is 2.37. The van der Waals surface area contributed by atoms with Crippen molar-refractivity contribution in [2.45, 2.75) is 38.7 Å². The first-order valence-electron chi connectivity index (χ1n) is 16.5. The van der Waals surface area contributed by atoms with E-state index in [9.17, 15) is 50.6 Å². The smallest absolute Gasteiger partial charge is 0.417 e. The zero-order valence-corrected chi connectivity index (χ0v) is 29.3. The van der Waals surface area contributed by atoms with Crippen LogP contribution in [0.2, 0.25) is 0 Å². The average molecular weight is 796 g/mol. The van der Waals surface area contributed by atoms with Crippen molar-refractivity contribution in [2.24, 2.45) is 0 Å². The Labute approximate surface area is 316 Å². The topological polar surface area (TPSA) is 216 Å². The van der Waals surface area contributed by atoms with Crippen molar-refractivity contribution >= 4 is 23.6 Å².